The van der Waals surface area contributed by atoms with Crippen molar-refractivity contribution < 1.29 is 14.3 Å². The Kier molecular flexibility index (Phi) is 6.77. The van der Waals surface area contributed by atoms with Crippen molar-refractivity contribution in [1.82, 2.24) is 4.90 Å². The zero-order chi connectivity index (χ0) is 19.3. The molecule has 1 saturated heterocycles. The molecule has 1 saturated carbocycles. The molecular formula is C22H34N2O3. The third kappa shape index (κ3) is 5.45. The van der Waals surface area contributed by atoms with Crippen LogP contribution in [0.2, 0.25) is 0 Å². The number of methoxy groups -OCH3 is 1. The van der Waals surface area contributed by atoms with Crippen LogP contribution in [0.4, 0.5) is 5.69 Å². The Morgan fingerprint density at radius 3 is 2.44 bits per heavy atom. The molecule has 2 aliphatic rings. The molecule has 1 N–H and O–H groups in total. The van der Waals surface area contributed by atoms with E-state index in [-0.39, 0.29) is 5.91 Å². The van der Waals surface area contributed by atoms with E-state index < -0.39 is 5.60 Å². The number of amides is 1. The SMILES string of the molecule is CO[C@](C)(C(=O)Nc1ccc(OCCCN2CCC(C)CC2)cc1)C1CC1. The molecule has 1 atom stereocenters. The first-order valence-corrected chi connectivity index (χ1v) is 10.3. The average molecular weight is 375 g/mol. The second-order valence-electron chi connectivity index (χ2n) is 8.29. The van der Waals surface area contributed by atoms with Crippen LogP contribution in [-0.2, 0) is 9.53 Å². The molecule has 1 aliphatic heterocycles. The van der Waals surface area contributed by atoms with Gasteiger partial charge in [-0.15, -0.1) is 0 Å². The minimum Gasteiger partial charge on any atom is -0.494 e. The maximum atomic E-state index is 12.5. The maximum absolute atomic E-state index is 12.5. The standard InChI is InChI=1S/C22H34N2O3/c1-17-11-14-24(15-12-17)13-4-16-27-20-9-7-19(8-10-20)23-21(25)22(2,26-3)18-5-6-18/h7-10,17-18H,4-6,11-16H2,1-3H3,(H,23,25)/t22-/m0/s1. The van der Waals surface area contributed by atoms with E-state index in [1.54, 1.807) is 7.11 Å². The molecule has 27 heavy (non-hydrogen) atoms. The van der Waals surface area contributed by atoms with Crippen molar-refractivity contribution in [3.8, 4) is 5.75 Å². The molecule has 1 aromatic carbocycles. The minimum atomic E-state index is -0.735. The van der Waals surface area contributed by atoms with Crippen molar-refractivity contribution in [1.29, 1.82) is 0 Å². The molecule has 0 spiro atoms. The van der Waals surface area contributed by atoms with Gasteiger partial charge in [-0.2, -0.15) is 0 Å². The summed E-state index contributed by atoms with van der Waals surface area (Å²) in [5, 5.41) is 2.97. The molecule has 1 aliphatic carbocycles. The third-order valence-electron chi connectivity index (χ3n) is 6.11. The Balaban J connectivity index is 1.39. The fourth-order valence-corrected chi connectivity index (χ4v) is 3.73. The van der Waals surface area contributed by atoms with Crippen LogP contribution in [0.25, 0.3) is 0 Å². The molecule has 3 rings (SSSR count). The van der Waals surface area contributed by atoms with Crippen LogP contribution < -0.4 is 10.1 Å². The van der Waals surface area contributed by atoms with Crippen LogP contribution in [0, 0.1) is 11.8 Å². The first-order chi connectivity index (χ1) is 13.0. The summed E-state index contributed by atoms with van der Waals surface area (Å²) in [5.74, 6) is 1.98. The number of piperidine rings is 1. The molecule has 5 heteroatoms. The normalized spacial score (nSPS) is 20.9. The van der Waals surface area contributed by atoms with Gasteiger partial charge >= 0.3 is 0 Å². The number of carbonyl (C=O) groups is 1. The van der Waals surface area contributed by atoms with Gasteiger partial charge in [0.2, 0.25) is 0 Å². The number of hydrogen-bond acceptors (Lipinski definition) is 4. The number of likely N-dealkylation sites (tertiary alicyclic amines) is 1. The average Bonchev–Trinajstić information content (AvgIpc) is 3.53. The molecule has 1 amide bonds. The molecule has 0 bridgehead atoms. The molecule has 150 valence electrons. The van der Waals surface area contributed by atoms with Crippen molar-refractivity contribution in [2.75, 3.05) is 38.7 Å². The van der Waals surface area contributed by atoms with Crippen LogP contribution in [0.5, 0.6) is 5.75 Å². The van der Waals surface area contributed by atoms with Crippen molar-refractivity contribution in [3.63, 3.8) is 0 Å². The van der Waals surface area contributed by atoms with Gasteiger partial charge < -0.3 is 19.7 Å². The highest BCUT2D eigenvalue weighted by atomic mass is 16.5. The van der Waals surface area contributed by atoms with Crippen molar-refractivity contribution in [2.45, 2.75) is 51.6 Å². The number of benzene rings is 1. The highest BCUT2D eigenvalue weighted by Gasteiger charge is 2.47. The van der Waals surface area contributed by atoms with Crippen LogP contribution in [-0.4, -0.2) is 49.8 Å². The summed E-state index contributed by atoms with van der Waals surface area (Å²) in [4.78, 5) is 15.1. The molecule has 0 radical (unpaired) electrons. The van der Waals surface area contributed by atoms with E-state index in [2.05, 4.69) is 17.1 Å². The van der Waals surface area contributed by atoms with E-state index in [0.29, 0.717) is 5.92 Å². The summed E-state index contributed by atoms with van der Waals surface area (Å²) < 4.78 is 11.4. The van der Waals surface area contributed by atoms with Crippen LogP contribution >= 0.6 is 0 Å². The topological polar surface area (TPSA) is 50.8 Å². The predicted molar refractivity (Wildman–Crippen MR) is 108 cm³/mol. The van der Waals surface area contributed by atoms with Gasteiger partial charge in [0.05, 0.1) is 6.61 Å². The van der Waals surface area contributed by atoms with Gasteiger partial charge in [-0.3, -0.25) is 4.79 Å². The number of rotatable bonds is 9. The number of carbonyl (C=O) groups excluding carboxylic acids is 1. The van der Waals surface area contributed by atoms with Crippen molar-refractivity contribution >= 4 is 11.6 Å². The minimum absolute atomic E-state index is 0.0722. The summed E-state index contributed by atoms with van der Waals surface area (Å²) in [6.45, 7) is 8.49. The second kappa shape index (κ2) is 9.07. The van der Waals surface area contributed by atoms with Gasteiger partial charge in [0.15, 0.2) is 0 Å². The zero-order valence-electron chi connectivity index (χ0n) is 17.0. The van der Waals surface area contributed by atoms with E-state index in [1.165, 1.54) is 25.9 Å². The first-order valence-electron chi connectivity index (χ1n) is 10.3. The van der Waals surface area contributed by atoms with E-state index >= 15 is 0 Å². The first kappa shape index (κ1) is 20.2. The number of ether oxygens (including phenoxy) is 2. The molecule has 0 aromatic heterocycles. The maximum Gasteiger partial charge on any atom is 0.256 e. The number of anilines is 1. The highest BCUT2D eigenvalue weighted by Crippen LogP contribution is 2.42. The van der Waals surface area contributed by atoms with Crippen LogP contribution in [0.15, 0.2) is 24.3 Å². The Hall–Kier alpha value is -1.59. The van der Waals surface area contributed by atoms with Crippen molar-refractivity contribution in [3.05, 3.63) is 24.3 Å². The highest BCUT2D eigenvalue weighted by molar-refractivity contribution is 5.97. The van der Waals surface area contributed by atoms with Gasteiger partial charge in [-0.05, 0) is 88.2 Å². The summed E-state index contributed by atoms with van der Waals surface area (Å²) >= 11 is 0. The van der Waals surface area contributed by atoms with Gasteiger partial charge in [0.25, 0.3) is 5.91 Å². The van der Waals surface area contributed by atoms with E-state index in [4.69, 9.17) is 9.47 Å². The van der Waals surface area contributed by atoms with E-state index in [1.807, 2.05) is 31.2 Å². The fraction of sp³-hybridized carbons (Fsp3) is 0.682. The molecule has 5 nitrogen and oxygen atoms in total. The lowest BCUT2D eigenvalue weighted by atomic mass is 9.99. The zero-order valence-corrected chi connectivity index (χ0v) is 17.0. The second-order valence-corrected chi connectivity index (χ2v) is 8.29. The number of nitrogens with one attached hydrogen (secondary N) is 1. The Bertz CT molecular complexity index is 606. The Labute approximate surface area is 163 Å². The van der Waals surface area contributed by atoms with Gasteiger partial charge in [-0.25, -0.2) is 0 Å². The molecule has 1 heterocycles. The number of nitrogens with zero attached hydrogens (tertiary/aromatic N) is 1. The van der Waals surface area contributed by atoms with Gasteiger partial charge in [0.1, 0.15) is 11.4 Å². The lowest BCUT2D eigenvalue weighted by molar-refractivity contribution is -0.138. The van der Waals surface area contributed by atoms with Crippen molar-refractivity contribution in [2.24, 2.45) is 11.8 Å². The quantitative estimate of drug-likeness (QED) is 0.665. The van der Waals surface area contributed by atoms with E-state index in [0.717, 1.165) is 49.8 Å². The largest absolute Gasteiger partial charge is 0.494 e. The summed E-state index contributed by atoms with van der Waals surface area (Å²) in [6.07, 6.45) is 5.79. The van der Waals surface area contributed by atoms with Gasteiger partial charge in [0, 0.05) is 19.3 Å². The third-order valence-corrected chi connectivity index (χ3v) is 6.11. The lowest BCUT2D eigenvalue weighted by Gasteiger charge is -2.30. The Morgan fingerprint density at radius 1 is 1.19 bits per heavy atom. The smallest absolute Gasteiger partial charge is 0.256 e. The Morgan fingerprint density at radius 2 is 1.85 bits per heavy atom. The summed E-state index contributed by atoms with van der Waals surface area (Å²) in [5.41, 5.74) is 0.0419. The lowest BCUT2D eigenvalue weighted by Crippen LogP contribution is -2.43. The summed E-state index contributed by atoms with van der Waals surface area (Å²) in [7, 11) is 1.61. The van der Waals surface area contributed by atoms with Crippen LogP contribution in [0.3, 0.4) is 0 Å². The number of hydrogen-bond donors (Lipinski definition) is 1. The summed E-state index contributed by atoms with van der Waals surface area (Å²) in [6, 6.07) is 7.61. The monoisotopic (exact) mass is 374 g/mol. The molecule has 1 aromatic rings. The molecule has 0 unspecified atom stereocenters. The predicted octanol–water partition coefficient (Wildman–Crippen LogP) is 3.94. The molecule has 2 fully saturated rings. The van der Waals surface area contributed by atoms with E-state index in [9.17, 15) is 4.79 Å². The van der Waals surface area contributed by atoms with Crippen LogP contribution in [0.1, 0.15) is 46.0 Å². The fourth-order valence-electron chi connectivity index (χ4n) is 3.73. The van der Waals surface area contributed by atoms with Gasteiger partial charge in [-0.1, -0.05) is 6.92 Å². The molecular weight excluding hydrogens is 340 g/mol.